The molecule has 0 atom stereocenters. The van der Waals surface area contributed by atoms with Crippen LogP contribution in [0.15, 0.2) is 88.7 Å². The van der Waals surface area contributed by atoms with Crippen LogP contribution in [0.3, 0.4) is 0 Å². The first kappa shape index (κ1) is 31.8. The molecule has 0 unspecified atom stereocenters. The van der Waals surface area contributed by atoms with Crippen LogP contribution in [-0.4, -0.2) is 34.1 Å². The van der Waals surface area contributed by atoms with Gasteiger partial charge in [0.1, 0.15) is 5.82 Å². The summed E-state index contributed by atoms with van der Waals surface area (Å²) in [5.41, 5.74) is 13.3. The number of hydrogen-bond donors (Lipinski definition) is 3. The standard InChI is InChI=1S/C10H12N2.C7H6F2.C7H9N.2CH5N/c1-8-4-6-10(7-5-8)12-9(2)11-3;1-5-2-3-6(8)7(9)4-5;1-8-6-7-4-2-3-5-7;2*1-2/h4-7,12H,2-3H2,1H3;2-4H,1H3;2-4H,1,5-6H2;2*2H2,1H3. The maximum absolute atomic E-state index is 12.2. The number of nitrogens with zero attached hydrogens (tertiary/aromatic N) is 2. The van der Waals surface area contributed by atoms with Gasteiger partial charge in [0.25, 0.3) is 0 Å². The fourth-order valence-corrected chi connectivity index (χ4v) is 2.20. The molecule has 33 heavy (non-hydrogen) atoms. The van der Waals surface area contributed by atoms with Gasteiger partial charge in [0.05, 0.1) is 6.54 Å². The molecule has 0 radical (unpaired) electrons. The lowest BCUT2D eigenvalue weighted by atomic mass is 10.2. The van der Waals surface area contributed by atoms with Crippen molar-refractivity contribution in [2.24, 2.45) is 21.5 Å². The number of nitrogens with one attached hydrogen (secondary N) is 1. The molecule has 0 fully saturated rings. The van der Waals surface area contributed by atoms with E-state index < -0.39 is 11.6 Å². The number of rotatable bonds is 5. The van der Waals surface area contributed by atoms with Gasteiger partial charge in [-0.05, 0) is 83.2 Å². The lowest BCUT2D eigenvalue weighted by Gasteiger charge is -2.04. The molecule has 0 spiro atoms. The summed E-state index contributed by atoms with van der Waals surface area (Å²) in [5, 5.41) is 3.00. The number of aryl methyl sites for hydroxylation is 2. The Morgan fingerprint density at radius 1 is 0.939 bits per heavy atom. The van der Waals surface area contributed by atoms with E-state index in [1.807, 2.05) is 31.2 Å². The smallest absolute Gasteiger partial charge is 0.159 e. The topological polar surface area (TPSA) is 88.8 Å². The third kappa shape index (κ3) is 15.9. The summed E-state index contributed by atoms with van der Waals surface area (Å²) in [5.74, 6) is -1.01. The third-order valence-electron chi connectivity index (χ3n) is 3.77. The number of halogens is 2. The highest BCUT2D eigenvalue weighted by atomic mass is 19.2. The van der Waals surface area contributed by atoms with E-state index >= 15 is 0 Å². The van der Waals surface area contributed by atoms with Gasteiger partial charge >= 0.3 is 0 Å². The minimum absolute atomic E-state index is 0.568. The molecule has 0 saturated heterocycles. The van der Waals surface area contributed by atoms with Crippen molar-refractivity contribution in [3.8, 4) is 0 Å². The molecule has 2 aromatic rings. The monoisotopic (exact) mass is 457 g/mol. The fourth-order valence-electron chi connectivity index (χ4n) is 2.20. The molecule has 2 aromatic carbocycles. The summed E-state index contributed by atoms with van der Waals surface area (Å²) >= 11 is 0. The summed E-state index contributed by atoms with van der Waals surface area (Å²) in [6.45, 7) is 15.0. The molecule has 0 heterocycles. The Balaban J connectivity index is 0. The van der Waals surface area contributed by atoms with Gasteiger partial charge in [-0.2, -0.15) is 0 Å². The first-order valence-corrected chi connectivity index (χ1v) is 10.2. The van der Waals surface area contributed by atoms with Crippen molar-refractivity contribution >= 4 is 19.1 Å². The Kier molecular flexibility index (Phi) is 19.7. The predicted octanol–water partition coefficient (Wildman–Crippen LogP) is 5.58. The highest BCUT2D eigenvalue weighted by Gasteiger charge is 1.97. The molecule has 0 amide bonds. The van der Waals surface area contributed by atoms with Crippen molar-refractivity contribution in [1.82, 2.24) is 0 Å². The zero-order chi connectivity index (χ0) is 25.6. The van der Waals surface area contributed by atoms with Crippen LogP contribution < -0.4 is 16.8 Å². The van der Waals surface area contributed by atoms with Crippen LogP contribution in [0.25, 0.3) is 0 Å². The van der Waals surface area contributed by atoms with Crippen molar-refractivity contribution in [2.75, 3.05) is 26.0 Å². The van der Waals surface area contributed by atoms with Crippen LogP contribution in [0.4, 0.5) is 14.5 Å². The number of hydrogen-bond acceptors (Lipinski definition) is 5. The van der Waals surface area contributed by atoms with Crippen LogP contribution >= 0.6 is 0 Å². The molecule has 180 valence electrons. The van der Waals surface area contributed by atoms with Crippen molar-refractivity contribution in [3.63, 3.8) is 0 Å². The molecule has 0 saturated carbocycles. The Bertz CT molecular complexity index is 888. The number of allylic oxidation sites excluding steroid dienone is 3. The van der Waals surface area contributed by atoms with E-state index in [9.17, 15) is 8.78 Å². The van der Waals surface area contributed by atoms with Gasteiger partial charge in [-0.25, -0.2) is 13.8 Å². The molecule has 3 rings (SSSR count). The Labute approximate surface area is 197 Å². The minimum atomic E-state index is -0.791. The SMILES string of the molecule is C=NC(=C)Nc1ccc(C)cc1.C=NCC1=CC=CC1.CN.CN.Cc1ccc(F)c(F)c1. The van der Waals surface area contributed by atoms with E-state index in [0.29, 0.717) is 5.82 Å². The molecule has 0 aliphatic heterocycles. The Morgan fingerprint density at radius 3 is 1.94 bits per heavy atom. The maximum Gasteiger partial charge on any atom is 0.159 e. The minimum Gasteiger partial charge on any atom is -0.341 e. The zero-order valence-corrected chi connectivity index (χ0v) is 20.1. The van der Waals surface area contributed by atoms with Gasteiger partial charge < -0.3 is 16.8 Å². The van der Waals surface area contributed by atoms with Gasteiger partial charge in [-0.1, -0.05) is 48.6 Å². The average Bonchev–Trinajstić information content (AvgIpc) is 3.35. The molecule has 0 bridgehead atoms. The predicted molar refractivity (Wildman–Crippen MR) is 141 cm³/mol. The average molecular weight is 458 g/mol. The lowest BCUT2D eigenvalue weighted by molar-refractivity contribution is 0.508. The summed E-state index contributed by atoms with van der Waals surface area (Å²) < 4.78 is 24.3. The van der Waals surface area contributed by atoms with Gasteiger partial charge in [0.15, 0.2) is 11.6 Å². The zero-order valence-electron chi connectivity index (χ0n) is 20.1. The van der Waals surface area contributed by atoms with Gasteiger partial charge in [0, 0.05) is 5.69 Å². The van der Waals surface area contributed by atoms with Crippen LogP contribution in [0.1, 0.15) is 17.5 Å². The van der Waals surface area contributed by atoms with Crippen molar-refractivity contribution < 1.29 is 8.78 Å². The first-order valence-electron chi connectivity index (χ1n) is 10.2. The molecular weight excluding hydrogens is 420 g/mol. The molecular formula is C26H37F2N5. The molecule has 1 aliphatic rings. The lowest BCUT2D eigenvalue weighted by Crippen LogP contribution is -1.93. The largest absolute Gasteiger partial charge is 0.341 e. The quantitative estimate of drug-likeness (QED) is 0.513. The number of benzene rings is 2. The van der Waals surface area contributed by atoms with E-state index in [-0.39, 0.29) is 0 Å². The number of aliphatic imine (C=N–C) groups is 2. The highest BCUT2D eigenvalue weighted by molar-refractivity contribution is 5.49. The highest BCUT2D eigenvalue weighted by Crippen LogP contribution is 2.11. The van der Waals surface area contributed by atoms with Crippen molar-refractivity contribution in [3.05, 3.63) is 101 Å². The summed E-state index contributed by atoms with van der Waals surface area (Å²) in [6.07, 6.45) is 7.34. The third-order valence-corrected chi connectivity index (χ3v) is 3.77. The van der Waals surface area contributed by atoms with E-state index in [1.165, 1.54) is 31.3 Å². The second-order valence-electron chi connectivity index (χ2n) is 6.35. The fraction of sp³-hybridized carbons (Fsp3) is 0.231. The summed E-state index contributed by atoms with van der Waals surface area (Å²) in [7, 11) is 3.00. The normalized spacial score (nSPS) is 10.2. The van der Waals surface area contributed by atoms with Crippen LogP contribution in [0.2, 0.25) is 0 Å². The maximum atomic E-state index is 12.2. The van der Waals surface area contributed by atoms with E-state index in [0.717, 1.165) is 36.3 Å². The van der Waals surface area contributed by atoms with Gasteiger partial charge in [-0.15, -0.1) is 0 Å². The number of anilines is 1. The van der Waals surface area contributed by atoms with Crippen LogP contribution in [0.5, 0.6) is 0 Å². The van der Waals surface area contributed by atoms with Crippen LogP contribution in [0, 0.1) is 25.5 Å². The number of nitrogens with two attached hydrogens (primary N) is 2. The molecule has 5 nitrogen and oxygen atoms in total. The Hall–Kier alpha value is -3.42. The first-order chi connectivity index (χ1) is 15.8. The Morgan fingerprint density at radius 2 is 1.52 bits per heavy atom. The second kappa shape index (κ2) is 20.5. The second-order valence-corrected chi connectivity index (χ2v) is 6.35. The molecule has 0 aromatic heterocycles. The summed E-state index contributed by atoms with van der Waals surface area (Å²) in [4.78, 5) is 7.41. The molecule has 1 aliphatic carbocycles. The van der Waals surface area contributed by atoms with Crippen LogP contribution in [-0.2, 0) is 0 Å². The van der Waals surface area contributed by atoms with E-state index in [4.69, 9.17) is 0 Å². The van der Waals surface area contributed by atoms with E-state index in [1.54, 1.807) is 6.92 Å². The summed E-state index contributed by atoms with van der Waals surface area (Å²) in [6, 6.07) is 11.8. The van der Waals surface area contributed by atoms with Gasteiger partial charge in [0.2, 0.25) is 0 Å². The van der Waals surface area contributed by atoms with Gasteiger partial charge in [-0.3, -0.25) is 4.99 Å². The van der Waals surface area contributed by atoms with E-state index in [2.05, 4.69) is 65.0 Å². The molecule has 5 N–H and O–H groups in total. The van der Waals surface area contributed by atoms with Crippen molar-refractivity contribution in [2.45, 2.75) is 20.3 Å². The molecule has 7 heteroatoms. The van der Waals surface area contributed by atoms with Crippen molar-refractivity contribution in [1.29, 1.82) is 0 Å².